The fourth-order valence-corrected chi connectivity index (χ4v) is 2.09. The van der Waals surface area contributed by atoms with Crippen molar-refractivity contribution in [2.24, 2.45) is 0 Å². The first-order valence-electron chi connectivity index (χ1n) is 5.70. The Hall–Kier alpha value is -2.56. The number of nitrogens with zero attached hydrogens (tertiary/aromatic N) is 1. The highest BCUT2D eigenvalue weighted by Gasteiger charge is 2.11. The fraction of sp³-hybridized carbons (Fsp3) is 0.0714. The molecule has 0 fully saturated rings. The minimum absolute atomic E-state index is 0.119. The summed E-state index contributed by atoms with van der Waals surface area (Å²) in [5, 5.41) is 9.58. The molecule has 0 atom stereocenters. The number of aromatic carboxylic acids is 1. The minimum Gasteiger partial charge on any atom is -0.475 e. The normalized spacial score (nSPS) is 11.0. The van der Waals surface area contributed by atoms with Crippen molar-refractivity contribution in [3.05, 3.63) is 59.9 Å². The number of fused-ring (bicyclic) bond motifs is 1. The van der Waals surface area contributed by atoms with Gasteiger partial charge >= 0.3 is 5.97 Å². The van der Waals surface area contributed by atoms with Crippen molar-refractivity contribution >= 4 is 16.9 Å². The highest BCUT2D eigenvalue weighted by molar-refractivity contribution is 5.84. The molecule has 0 unspecified atom stereocenters. The summed E-state index contributed by atoms with van der Waals surface area (Å²) in [5.41, 5.74) is 0.482. The number of hydrogen-bond acceptors (Lipinski definition) is 2. The van der Waals surface area contributed by atoms with Gasteiger partial charge in [0, 0.05) is 11.6 Å². The third-order valence-electron chi connectivity index (χ3n) is 2.94. The molecule has 1 aromatic carbocycles. The number of hydrogen-bond donors (Lipinski definition) is 1. The van der Waals surface area contributed by atoms with Gasteiger partial charge in [-0.15, -0.1) is 0 Å². The predicted octanol–water partition coefficient (Wildman–Crippen LogP) is 3.12. The van der Waals surface area contributed by atoms with Gasteiger partial charge < -0.3 is 14.1 Å². The summed E-state index contributed by atoms with van der Waals surface area (Å²) in [6.07, 6.45) is 1.75. The lowest BCUT2D eigenvalue weighted by Gasteiger charge is -2.03. The molecule has 0 saturated carbocycles. The molecule has 3 aromatic rings. The van der Waals surface area contributed by atoms with E-state index in [9.17, 15) is 9.18 Å². The van der Waals surface area contributed by atoms with E-state index in [-0.39, 0.29) is 18.1 Å². The van der Waals surface area contributed by atoms with E-state index in [0.29, 0.717) is 11.3 Å². The van der Waals surface area contributed by atoms with Crippen LogP contribution in [-0.4, -0.2) is 15.6 Å². The maximum Gasteiger partial charge on any atom is 0.371 e. The van der Waals surface area contributed by atoms with E-state index in [4.69, 9.17) is 9.52 Å². The number of carbonyl (C=O) groups is 1. The van der Waals surface area contributed by atoms with Gasteiger partial charge in [0.2, 0.25) is 5.76 Å². The molecule has 3 rings (SSSR count). The maximum absolute atomic E-state index is 13.8. The number of benzene rings is 1. The van der Waals surface area contributed by atoms with Gasteiger partial charge in [-0.3, -0.25) is 0 Å². The van der Waals surface area contributed by atoms with Crippen molar-refractivity contribution in [3.63, 3.8) is 0 Å². The van der Waals surface area contributed by atoms with Crippen LogP contribution in [0.3, 0.4) is 0 Å². The molecular weight excluding hydrogens is 249 g/mol. The van der Waals surface area contributed by atoms with E-state index in [0.717, 1.165) is 5.39 Å². The highest BCUT2D eigenvalue weighted by Crippen LogP contribution is 2.20. The molecule has 0 amide bonds. The van der Waals surface area contributed by atoms with Gasteiger partial charge in [0.05, 0.1) is 12.1 Å². The highest BCUT2D eigenvalue weighted by atomic mass is 19.1. The second-order valence-corrected chi connectivity index (χ2v) is 4.19. The van der Waals surface area contributed by atoms with E-state index in [1.807, 2.05) is 6.07 Å². The van der Waals surface area contributed by atoms with E-state index in [2.05, 4.69) is 0 Å². The molecule has 0 aliphatic carbocycles. The predicted molar refractivity (Wildman–Crippen MR) is 66.7 cm³/mol. The number of carboxylic acids is 1. The quantitative estimate of drug-likeness (QED) is 0.786. The summed E-state index contributed by atoms with van der Waals surface area (Å²) in [6.45, 7) is 0.289. The molecule has 2 heterocycles. The van der Waals surface area contributed by atoms with Gasteiger partial charge in [-0.2, -0.15) is 0 Å². The molecule has 96 valence electrons. The van der Waals surface area contributed by atoms with Crippen LogP contribution < -0.4 is 0 Å². The Morgan fingerprint density at radius 3 is 2.84 bits per heavy atom. The number of halogens is 1. The summed E-state index contributed by atoms with van der Waals surface area (Å²) >= 11 is 0. The number of furan rings is 1. The molecule has 0 spiro atoms. The Balaban J connectivity index is 1.98. The molecule has 19 heavy (non-hydrogen) atoms. The molecule has 4 nitrogen and oxygen atoms in total. The fourth-order valence-electron chi connectivity index (χ4n) is 2.09. The lowest BCUT2D eigenvalue weighted by molar-refractivity contribution is 0.0660. The van der Waals surface area contributed by atoms with Crippen LogP contribution in [0.1, 0.15) is 16.3 Å². The van der Waals surface area contributed by atoms with E-state index < -0.39 is 5.97 Å². The smallest absolute Gasteiger partial charge is 0.371 e. The summed E-state index contributed by atoms with van der Waals surface area (Å²) < 4.78 is 20.6. The molecule has 0 aliphatic heterocycles. The van der Waals surface area contributed by atoms with Crippen LogP contribution in [0, 0.1) is 5.82 Å². The first-order valence-corrected chi connectivity index (χ1v) is 5.70. The van der Waals surface area contributed by atoms with E-state index in [1.165, 1.54) is 12.1 Å². The molecule has 5 heteroatoms. The van der Waals surface area contributed by atoms with Crippen LogP contribution in [0.4, 0.5) is 4.39 Å². The standard InChI is InChI=1S/C14H10FNO3/c15-11-3-1-2-9-6-7-16(13(9)11)8-10-4-5-12(19-10)14(17)18/h1-7H,8H2,(H,17,18). The average Bonchev–Trinajstić information content (AvgIpc) is 2.98. The maximum atomic E-state index is 13.8. The molecule has 0 saturated heterocycles. The van der Waals surface area contributed by atoms with Crippen LogP contribution in [0.25, 0.3) is 10.9 Å². The Kier molecular flexibility index (Phi) is 2.59. The molecule has 0 bridgehead atoms. The van der Waals surface area contributed by atoms with Crippen molar-refractivity contribution in [1.29, 1.82) is 0 Å². The number of rotatable bonds is 3. The number of aromatic nitrogens is 1. The first-order chi connectivity index (χ1) is 9.15. The molecular formula is C14H10FNO3. The van der Waals surface area contributed by atoms with Crippen LogP contribution >= 0.6 is 0 Å². The van der Waals surface area contributed by atoms with Crippen molar-refractivity contribution in [1.82, 2.24) is 4.57 Å². The van der Waals surface area contributed by atoms with Crippen LogP contribution in [0.2, 0.25) is 0 Å². The topological polar surface area (TPSA) is 55.4 Å². The molecule has 1 N–H and O–H groups in total. The Morgan fingerprint density at radius 1 is 1.26 bits per heavy atom. The van der Waals surface area contributed by atoms with Crippen molar-refractivity contribution < 1.29 is 18.7 Å². The van der Waals surface area contributed by atoms with Crippen LogP contribution in [0.5, 0.6) is 0 Å². The van der Waals surface area contributed by atoms with E-state index in [1.54, 1.807) is 29.0 Å². The summed E-state index contributed by atoms with van der Waals surface area (Å²) in [5.74, 6) is -1.08. The average molecular weight is 259 g/mol. The zero-order valence-corrected chi connectivity index (χ0v) is 9.84. The van der Waals surface area contributed by atoms with Gasteiger partial charge in [-0.1, -0.05) is 12.1 Å². The second kappa shape index (κ2) is 4.28. The molecule has 0 aliphatic rings. The van der Waals surface area contributed by atoms with Gasteiger partial charge in [-0.25, -0.2) is 9.18 Å². The van der Waals surface area contributed by atoms with E-state index >= 15 is 0 Å². The third kappa shape index (κ3) is 1.99. The van der Waals surface area contributed by atoms with Crippen LogP contribution in [-0.2, 0) is 6.54 Å². The monoisotopic (exact) mass is 259 g/mol. The lowest BCUT2D eigenvalue weighted by Crippen LogP contribution is -1.98. The van der Waals surface area contributed by atoms with Gasteiger partial charge in [0.15, 0.2) is 0 Å². The summed E-state index contributed by atoms with van der Waals surface area (Å²) in [6, 6.07) is 9.64. The minimum atomic E-state index is -1.12. The summed E-state index contributed by atoms with van der Waals surface area (Å²) in [4.78, 5) is 10.7. The largest absolute Gasteiger partial charge is 0.475 e. The third-order valence-corrected chi connectivity index (χ3v) is 2.94. The van der Waals surface area contributed by atoms with Gasteiger partial charge in [0.25, 0.3) is 0 Å². The summed E-state index contributed by atoms with van der Waals surface area (Å²) in [7, 11) is 0. The number of para-hydroxylation sites is 1. The Morgan fingerprint density at radius 2 is 2.11 bits per heavy atom. The molecule has 0 radical (unpaired) electrons. The second-order valence-electron chi connectivity index (χ2n) is 4.19. The Labute approximate surface area is 107 Å². The molecule has 2 aromatic heterocycles. The van der Waals surface area contributed by atoms with Crippen molar-refractivity contribution in [2.75, 3.05) is 0 Å². The van der Waals surface area contributed by atoms with Gasteiger partial charge in [0.1, 0.15) is 11.6 Å². The van der Waals surface area contributed by atoms with Crippen molar-refractivity contribution in [2.45, 2.75) is 6.54 Å². The number of carboxylic acid groups (broad SMARTS) is 1. The van der Waals surface area contributed by atoms with Crippen LogP contribution in [0.15, 0.2) is 47.0 Å². The lowest BCUT2D eigenvalue weighted by atomic mass is 10.2. The van der Waals surface area contributed by atoms with Gasteiger partial charge in [-0.05, 0) is 24.3 Å². The zero-order valence-electron chi connectivity index (χ0n) is 9.84. The van der Waals surface area contributed by atoms with Crippen molar-refractivity contribution in [3.8, 4) is 0 Å². The zero-order chi connectivity index (χ0) is 13.4. The Bertz CT molecular complexity index is 757. The SMILES string of the molecule is O=C(O)c1ccc(Cn2ccc3cccc(F)c32)o1. The first kappa shape index (κ1) is 11.5.